The fourth-order valence-electron chi connectivity index (χ4n) is 1.35. The van der Waals surface area contributed by atoms with E-state index in [2.05, 4.69) is 10.6 Å². The van der Waals surface area contributed by atoms with Crippen LogP contribution in [0.1, 0.15) is 6.42 Å². The highest BCUT2D eigenvalue weighted by Crippen LogP contribution is 2.28. The molecule has 0 aliphatic carbocycles. The lowest BCUT2D eigenvalue weighted by Crippen LogP contribution is -2.19. The first-order valence-corrected chi connectivity index (χ1v) is 5.37. The van der Waals surface area contributed by atoms with E-state index in [1.165, 1.54) is 0 Å². The summed E-state index contributed by atoms with van der Waals surface area (Å²) in [6.07, 6.45) is 0.422. The third-order valence-electron chi connectivity index (χ3n) is 2.28. The number of hydrogen-bond acceptors (Lipinski definition) is 4. The van der Waals surface area contributed by atoms with Crippen LogP contribution in [0.15, 0.2) is 18.2 Å². The highest BCUT2D eigenvalue weighted by Gasteiger charge is 2.08. The number of rotatable bonds is 6. The van der Waals surface area contributed by atoms with E-state index in [1.54, 1.807) is 39.5 Å². The van der Waals surface area contributed by atoms with E-state index in [1.807, 2.05) is 0 Å². The molecule has 94 valence electrons. The first-order chi connectivity index (χ1) is 8.21. The number of benzene rings is 1. The predicted molar refractivity (Wildman–Crippen MR) is 66.7 cm³/mol. The molecule has 0 radical (unpaired) electrons. The van der Waals surface area contributed by atoms with E-state index < -0.39 is 0 Å². The van der Waals surface area contributed by atoms with Gasteiger partial charge < -0.3 is 20.1 Å². The van der Waals surface area contributed by atoms with E-state index >= 15 is 0 Å². The summed E-state index contributed by atoms with van der Waals surface area (Å²) in [5.74, 6) is 1.22. The zero-order chi connectivity index (χ0) is 12.7. The topological polar surface area (TPSA) is 59.6 Å². The van der Waals surface area contributed by atoms with Crippen molar-refractivity contribution in [3.8, 4) is 11.5 Å². The molecule has 0 atom stereocenters. The Morgan fingerprint density at radius 1 is 1.29 bits per heavy atom. The minimum absolute atomic E-state index is 0.0529. The van der Waals surface area contributed by atoms with Crippen molar-refractivity contribution in [2.24, 2.45) is 0 Å². The van der Waals surface area contributed by atoms with Gasteiger partial charge in [0.1, 0.15) is 11.5 Å². The maximum absolute atomic E-state index is 11.6. The molecule has 0 aliphatic heterocycles. The van der Waals surface area contributed by atoms with Gasteiger partial charge in [-0.1, -0.05) is 0 Å². The fraction of sp³-hybridized carbons (Fsp3) is 0.417. The van der Waals surface area contributed by atoms with Crippen molar-refractivity contribution in [2.45, 2.75) is 6.42 Å². The fourth-order valence-corrected chi connectivity index (χ4v) is 1.35. The molecule has 0 aromatic heterocycles. The summed E-state index contributed by atoms with van der Waals surface area (Å²) < 4.78 is 10.3. The second kappa shape index (κ2) is 6.75. The molecule has 0 unspecified atom stereocenters. The first-order valence-electron chi connectivity index (χ1n) is 5.37. The average Bonchev–Trinajstić information content (AvgIpc) is 2.36. The molecule has 0 fully saturated rings. The SMILES string of the molecule is CNCCC(=O)Nc1ccc(OC)cc1OC. The van der Waals surface area contributed by atoms with Gasteiger partial charge in [-0.25, -0.2) is 0 Å². The Hall–Kier alpha value is -1.75. The van der Waals surface area contributed by atoms with Crippen molar-refractivity contribution in [2.75, 3.05) is 33.1 Å². The molecule has 0 aliphatic rings. The van der Waals surface area contributed by atoms with E-state index in [-0.39, 0.29) is 5.91 Å². The van der Waals surface area contributed by atoms with Gasteiger partial charge in [0.05, 0.1) is 19.9 Å². The number of hydrogen-bond donors (Lipinski definition) is 2. The molecule has 1 rings (SSSR count). The quantitative estimate of drug-likeness (QED) is 0.783. The lowest BCUT2D eigenvalue weighted by Gasteiger charge is -2.11. The van der Waals surface area contributed by atoms with Gasteiger partial charge in [0, 0.05) is 19.0 Å². The van der Waals surface area contributed by atoms with Crippen LogP contribution in [-0.2, 0) is 4.79 Å². The molecule has 0 saturated carbocycles. The van der Waals surface area contributed by atoms with Gasteiger partial charge in [-0.3, -0.25) is 4.79 Å². The Morgan fingerprint density at radius 3 is 2.65 bits per heavy atom. The monoisotopic (exact) mass is 238 g/mol. The molecule has 2 N–H and O–H groups in total. The van der Waals surface area contributed by atoms with Crippen LogP contribution < -0.4 is 20.1 Å². The molecule has 1 aromatic carbocycles. The normalized spacial score (nSPS) is 9.82. The number of anilines is 1. The second-order valence-corrected chi connectivity index (χ2v) is 3.47. The first kappa shape index (κ1) is 13.3. The third-order valence-corrected chi connectivity index (χ3v) is 2.28. The number of ether oxygens (including phenoxy) is 2. The summed E-state index contributed by atoms with van der Waals surface area (Å²) in [7, 11) is 4.94. The Labute approximate surface area is 101 Å². The van der Waals surface area contributed by atoms with Crippen LogP contribution >= 0.6 is 0 Å². The van der Waals surface area contributed by atoms with Crippen LogP contribution in [0.4, 0.5) is 5.69 Å². The van der Waals surface area contributed by atoms with Crippen LogP contribution in [-0.4, -0.2) is 33.7 Å². The molecule has 1 aromatic rings. The summed E-state index contributed by atoms with van der Waals surface area (Å²) in [4.78, 5) is 11.6. The van der Waals surface area contributed by atoms with Gasteiger partial charge in [-0.2, -0.15) is 0 Å². The van der Waals surface area contributed by atoms with Crippen molar-refractivity contribution < 1.29 is 14.3 Å². The second-order valence-electron chi connectivity index (χ2n) is 3.47. The molecule has 0 saturated heterocycles. The van der Waals surface area contributed by atoms with E-state index in [9.17, 15) is 4.79 Å². The summed E-state index contributed by atoms with van der Waals surface area (Å²) in [5.41, 5.74) is 0.648. The Bertz CT molecular complexity index is 380. The maximum atomic E-state index is 11.6. The number of amides is 1. The zero-order valence-corrected chi connectivity index (χ0v) is 10.4. The van der Waals surface area contributed by atoms with Gasteiger partial charge >= 0.3 is 0 Å². The molecule has 0 spiro atoms. The summed E-state index contributed by atoms with van der Waals surface area (Å²) >= 11 is 0. The Kier molecular flexibility index (Phi) is 5.29. The van der Waals surface area contributed by atoms with E-state index in [4.69, 9.17) is 9.47 Å². The smallest absolute Gasteiger partial charge is 0.225 e. The van der Waals surface area contributed by atoms with Gasteiger partial charge in [-0.15, -0.1) is 0 Å². The van der Waals surface area contributed by atoms with Gasteiger partial charge in [0.2, 0.25) is 5.91 Å². The molecule has 0 heterocycles. The largest absolute Gasteiger partial charge is 0.497 e. The van der Waals surface area contributed by atoms with Crippen molar-refractivity contribution in [1.29, 1.82) is 0 Å². The molecular weight excluding hydrogens is 220 g/mol. The summed E-state index contributed by atoms with van der Waals surface area (Å²) in [5, 5.41) is 5.71. The zero-order valence-electron chi connectivity index (χ0n) is 10.4. The molecule has 1 amide bonds. The van der Waals surface area contributed by atoms with Crippen LogP contribution in [0, 0.1) is 0 Å². The molecule has 5 nitrogen and oxygen atoms in total. The highest BCUT2D eigenvalue weighted by atomic mass is 16.5. The number of carbonyl (C=O) groups excluding carboxylic acids is 1. The van der Waals surface area contributed by atoms with Crippen molar-refractivity contribution in [1.82, 2.24) is 5.32 Å². The highest BCUT2D eigenvalue weighted by molar-refractivity contribution is 5.92. The molecule has 5 heteroatoms. The van der Waals surface area contributed by atoms with Gasteiger partial charge in [0.15, 0.2) is 0 Å². The lowest BCUT2D eigenvalue weighted by molar-refractivity contribution is -0.116. The van der Waals surface area contributed by atoms with Crippen molar-refractivity contribution in [3.05, 3.63) is 18.2 Å². The lowest BCUT2D eigenvalue weighted by atomic mass is 10.2. The molecule has 0 bridgehead atoms. The van der Waals surface area contributed by atoms with Crippen molar-refractivity contribution >= 4 is 11.6 Å². The van der Waals surface area contributed by atoms with Crippen LogP contribution in [0.5, 0.6) is 11.5 Å². The van der Waals surface area contributed by atoms with E-state index in [0.29, 0.717) is 30.2 Å². The van der Waals surface area contributed by atoms with E-state index in [0.717, 1.165) is 0 Å². The standard InChI is InChI=1S/C12H18N2O3/c1-13-7-6-12(15)14-10-5-4-9(16-2)8-11(10)17-3/h4-5,8,13H,6-7H2,1-3H3,(H,14,15). The summed E-state index contributed by atoms with van der Waals surface area (Å²) in [6, 6.07) is 5.26. The van der Waals surface area contributed by atoms with Crippen LogP contribution in [0.2, 0.25) is 0 Å². The molecule has 17 heavy (non-hydrogen) atoms. The Balaban J connectivity index is 2.73. The van der Waals surface area contributed by atoms with Gasteiger partial charge in [-0.05, 0) is 19.2 Å². The third kappa shape index (κ3) is 3.96. The predicted octanol–water partition coefficient (Wildman–Crippen LogP) is 1.25. The maximum Gasteiger partial charge on any atom is 0.225 e. The summed E-state index contributed by atoms with van der Waals surface area (Å²) in [6.45, 7) is 0.643. The number of carbonyl (C=O) groups is 1. The number of methoxy groups -OCH3 is 2. The molecular formula is C12H18N2O3. The van der Waals surface area contributed by atoms with Crippen LogP contribution in [0.3, 0.4) is 0 Å². The van der Waals surface area contributed by atoms with Crippen molar-refractivity contribution in [3.63, 3.8) is 0 Å². The minimum atomic E-state index is -0.0529. The van der Waals surface area contributed by atoms with Crippen LogP contribution in [0.25, 0.3) is 0 Å². The Morgan fingerprint density at radius 2 is 2.06 bits per heavy atom. The minimum Gasteiger partial charge on any atom is -0.497 e. The van der Waals surface area contributed by atoms with Gasteiger partial charge in [0.25, 0.3) is 0 Å². The average molecular weight is 238 g/mol. The number of nitrogens with one attached hydrogen (secondary N) is 2.